The van der Waals surface area contributed by atoms with Crippen molar-refractivity contribution in [2.75, 3.05) is 4.90 Å². The Morgan fingerprint density at radius 3 is 1.97 bits per heavy atom. The molecule has 0 unspecified atom stereocenters. The van der Waals surface area contributed by atoms with Gasteiger partial charge in [0.2, 0.25) is 6.34 Å². The van der Waals surface area contributed by atoms with Crippen molar-refractivity contribution >= 4 is 17.7 Å². The van der Waals surface area contributed by atoms with Crippen molar-refractivity contribution in [1.29, 1.82) is 0 Å². The SMILES string of the molecule is CC1(C)N(c2ccccc2)[C-]=[N+](c2[c-]cccc2)C1(C)C.[Ir+3].[c-]1ccccc1-c1ccccn1. The summed E-state index contributed by atoms with van der Waals surface area (Å²) in [5, 5.41) is 0. The number of hydrogen-bond acceptors (Lipinski definition) is 2. The van der Waals surface area contributed by atoms with Crippen LogP contribution in [-0.2, 0) is 20.1 Å². The van der Waals surface area contributed by atoms with Gasteiger partial charge in [-0.15, -0.1) is 35.9 Å². The largest absolute Gasteiger partial charge is 3.00 e. The molecule has 1 aliphatic rings. The molecule has 5 rings (SSSR count). The molecule has 0 fully saturated rings. The molecule has 172 valence electrons. The molecule has 0 radical (unpaired) electrons. The van der Waals surface area contributed by atoms with Gasteiger partial charge in [-0.05, 0) is 39.5 Å². The van der Waals surface area contributed by atoms with Gasteiger partial charge in [0.25, 0.3) is 0 Å². The molecule has 34 heavy (non-hydrogen) atoms. The molecule has 0 spiro atoms. The molecule has 0 bridgehead atoms. The molecule has 2 heterocycles. The molecule has 0 aliphatic carbocycles. The summed E-state index contributed by atoms with van der Waals surface area (Å²) < 4.78 is 2.19. The predicted octanol–water partition coefficient (Wildman–Crippen LogP) is 6.66. The maximum absolute atomic E-state index is 4.22. The topological polar surface area (TPSA) is 19.1 Å². The first-order chi connectivity index (χ1) is 15.9. The molecule has 1 aliphatic heterocycles. The number of benzene rings is 3. The summed E-state index contributed by atoms with van der Waals surface area (Å²) in [6.07, 6.45) is 5.33. The van der Waals surface area contributed by atoms with Crippen LogP contribution in [0.4, 0.5) is 11.4 Å². The van der Waals surface area contributed by atoms with Gasteiger partial charge in [0, 0.05) is 11.9 Å². The van der Waals surface area contributed by atoms with Crippen LogP contribution in [0.1, 0.15) is 27.7 Å². The van der Waals surface area contributed by atoms with Crippen molar-refractivity contribution in [2.45, 2.75) is 38.8 Å². The molecule has 0 saturated heterocycles. The van der Waals surface area contributed by atoms with Gasteiger partial charge in [-0.2, -0.15) is 24.3 Å². The van der Waals surface area contributed by atoms with Crippen molar-refractivity contribution in [3.63, 3.8) is 0 Å². The summed E-state index contributed by atoms with van der Waals surface area (Å²) in [7, 11) is 0. The van der Waals surface area contributed by atoms with Crippen LogP contribution in [-0.4, -0.2) is 27.0 Å². The molecule has 0 N–H and O–H groups in total. The van der Waals surface area contributed by atoms with Crippen molar-refractivity contribution in [2.24, 2.45) is 0 Å². The second-order valence-corrected chi connectivity index (χ2v) is 8.96. The quantitative estimate of drug-likeness (QED) is 0.188. The van der Waals surface area contributed by atoms with E-state index >= 15 is 0 Å². The second-order valence-electron chi connectivity index (χ2n) is 8.96. The number of pyridine rings is 1. The zero-order chi connectivity index (χ0) is 23.3. The Kier molecular flexibility index (Phi) is 8.19. The van der Waals surface area contributed by atoms with Gasteiger partial charge in [-0.3, -0.25) is 0 Å². The maximum Gasteiger partial charge on any atom is 3.00 e. The fourth-order valence-corrected chi connectivity index (χ4v) is 3.81. The van der Waals surface area contributed by atoms with Crippen molar-refractivity contribution in [3.05, 3.63) is 115 Å². The minimum Gasteiger partial charge on any atom is -0.351 e. The zero-order valence-corrected chi connectivity index (χ0v) is 22.4. The average Bonchev–Trinajstić information content (AvgIpc) is 3.05. The minimum atomic E-state index is -0.0965. The maximum atomic E-state index is 4.22. The third kappa shape index (κ3) is 5.19. The Hall–Kier alpha value is -3.07. The van der Waals surface area contributed by atoms with Crippen LogP contribution in [0.5, 0.6) is 0 Å². The Bertz CT molecular complexity index is 1150. The van der Waals surface area contributed by atoms with Crippen LogP contribution in [0.2, 0.25) is 0 Å². The number of nitrogens with zero attached hydrogens (tertiary/aromatic N) is 3. The van der Waals surface area contributed by atoms with Crippen LogP contribution in [0, 0.1) is 12.1 Å². The van der Waals surface area contributed by atoms with Crippen LogP contribution >= 0.6 is 0 Å². The first kappa shape index (κ1) is 25.6. The summed E-state index contributed by atoms with van der Waals surface area (Å²) in [4.78, 5) is 6.45. The van der Waals surface area contributed by atoms with Gasteiger partial charge < -0.3 is 14.5 Å². The summed E-state index contributed by atoms with van der Waals surface area (Å²) in [6, 6.07) is 38.6. The molecule has 0 amide bonds. The van der Waals surface area contributed by atoms with Gasteiger partial charge in [0.1, 0.15) is 11.1 Å². The summed E-state index contributed by atoms with van der Waals surface area (Å²) in [5.41, 5.74) is 4.04. The van der Waals surface area contributed by atoms with Gasteiger partial charge in [-0.1, -0.05) is 48.2 Å². The molecular formula is C30H29IrN3+. The van der Waals surface area contributed by atoms with E-state index in [0.29, 0.717) is 0 Å². The first-order valence-corrected chi connectivity index (χ1v) is 11.2. The Labute approximate surface area is 217 Å². The minimum absolute atomic E-state index is 0. The Morgan fingerprint density at radius 1 is 0.735 bits per heavy atom. The number of rotatable bonds is 3. The van der Waals surface area contributed by atoms with E-state index in [-0.39, 0.29) is 31.2 Å². The molecule has 3 nitrogen and oxygen atoms in total. The molecule has 4 heteroatoms. The number of para-hydroxylation sites is 2. The van der Waals surface area contributed by atoms with Gasteiger partial charge >= 0.3 is 20.1 Å². The third-order valence-corrected chi connectivity index (χ3v) is 6.41. The first-order valence-electron chi connectivity index (χ1n) is 11.2. The van der Waals surface area contributed by atoms with Gasteiger partial charge in [0.15, 0.2) is 0 Å². The molecule has 0 saturated carbocycles. The fraction of sp³-hybridized carbons (Fsp3) is 0.200. The summed E-state index contributed by atoms with van der Waals surface area (Å²) in [6.45, 7) is 9.03. The summed E-state index contributed by atoms with van der Waals surface area (Å²) >= 11 is 0. The van der Waals surface area contributed by atoms with Crippen molar-refractivity contribution in [1.82, 2.24) is 4.98 Å². The van der Waals surface area contributed by atoms with E-state index in [4.69, 9.17) is 0 Å². The van der Waals surface area contributed by atoms with Crippen LogP contribution in [0.15, 0.2) is 103 Å². The van der Waals surface area contributed by atoms with E-state index in [9.17, 15) is 0 Å². The molecule has 3 aromatic carbocycles. The van der Waals surface area contributed by atoms with E-state index in [1.807, 2.05) is 66.7 Å². The number of anilines is 1. The Morgan fingerprint density at radius 2 is 1.38 bits per heavy atom. The molecule has 0 atom stereocenters. The zero-order valence-electron chi connectivity index (χ0n) is 20.0. The van der Waals surface area contributed by atoms with Crippen molar-refractivity contribution in [3.8, 4) is 11.3 Å². The molecule has 1 aromatic heterocycles. The Balaban J connectivity index is 0.000000212. The normalized spacial score (nSPS) is 15.4. The second kappa shape index (κ2) is 10.9. The van der Waals surface area contributed by atoms with Crippen LogP contribution in [0.3, 0.4) is 0 Å². The number of hydrogen-bond donors (Lipinski definition) is 0. The molecular weight excluding hydrogens is 595 g/mol. The van der Waals surface area contributed by atoms with Crippen LogP contribution in [0.25, 0.3) is 11.3 Å². The van der Waals surface area contributed by atoms with E-state index in [1.54, 1.807) is 6.20 Å². The molecule has 4 aromatic rings. The predicted molar refractivity (Wildman–Crippen MR) is 136 cm³/mol. The number of aromatic nitrogens is 1. The van der Waals surface area contributed by atoms with Gasteiger partial charge in [0.05, 0.1) is 0 Å². The van der Waals surface area contributed by atoms with Gasteiger partial charge in [-0.25, -0.2) is 6.07 Å². The third-order valence-electron chi connectivity index (χ3n) is 6.41. The van der Waals surface area contributed by atoms with Crippen molar-refractivity contribution < 1.29 is 24.7 Å². The van der Waals surface area contributed by atoms with E-state index < -0.39 is 0 Å². The van der Waals surface area contributed by atoms with E-state index in [0.717, 1.165) is 22.6 Å². The van der Waals surface area contributed by atoms with Crippen LogP contribution < -0.4 is 4.90 Å². The fourth-order valence-electron chi connectivity index (χ4n) is 3.81. The smallest absolute Gasteiger partial charge is 0.351 e. The van der Waals surface area contributed by atoms with E-state index in [2.05, 4.69) is 91.0 Å². The monoisotopic (exact) mass is 624 g/mol. The standard InChI is InChI=1S/C19H21N2.C11H8N.Ir/c1-18(2)19(3,4)21(17-13-9-6-10-14-17)15-20(18)16-11-7-5-8-12-16;1-2-6-10(7-3-1)11-8-4-5-9-12-11;/h5-13H,1-4H3;1-6,8-9H;/q2*-1;+3. The summed E-state index contributed by atoms with van der Waals surface area (Å²) in [5.74, 6) is 0. The average molecular weight is 624 g/mol. The van der Waals surface area contributed by atoms with E-state index in [1.165, 1.54) is 0 Å².